The maximum Gasteiger partial charge on any atom is 0.0362 e. The van der Waals surface area contributed by atoms with Crippen molar-refractivity contribution in [3.63, 3.8) is 0 Å². The van der Waals surface area contributed by atoms with Gasteiger partial charge in [-0.1, -0.05) is 6.42 Å². The van der Waals surface area contributed by atoms with Gasteiger partial charge in [-0.2, -0.15) is 0 Å². The molecule has 1 N–H and O–H groups in total. The van der Waals surface area contributed by atoms with Gasteiger partial charge in [-0.3, -0.25) is 0 Å². The van der Waals surface area contributed by atoms with Crippen LogP contribution in [-0.4, -0.2) is 45.2 Å². The summed E-state index contributed by atoms with van der Waals surface area (Å²) in [5, 5.41) is 3.55. The highest BCUT2D eigenvalue weighted by molar-refractivity contribution is 5.54. The summed E-state index contributed by atoms with van der Waals surface area (Å²) in [4.78, 5) is 4.60. The molecule has 1 aliphatic rings. The lowest BCUT2D eigenvalue weighted by atomic mass is 10.0. The molecule has 100 valence electrons. The topological polar surface area (TPSA) is 18.5 Å². The van der Waals surface area contributed by atoms with Crippen LogP contribution in [0.15, 0.2) is 24.3 Å². The van der Waals surface area contributed by atoms with Gasteiger partial charge in [0.2, 0.25) is 0 Å². The van der Waals surface area contributed by atoms with Crippen molar-refractivity contribution >= 4 is 11.4 Å². The van der Waals surface area contributed by atoms with E-state index in [1.54, 1.807) is 0 Å². The molecule has 0 saturated carbocycles. The van der Waals surface area contributed by atoms with Crippen LogP contribution >= 0.6 is 0 Å². The van der Waals surface area contributed by atoms with E-state index < -0.39 is 0 Å². The van der Waals surface area contributed by atoms with Gasteiger partial charge < -0.3 is 15.1 Å². The number of anilines is 2. The first-order chi connectivity index (χ1) is 8.66. The number of likely N-dealkylation sites (N-methyl/N-ethyl adjacent to an activating group) is 1. The zero-order valence-corrected chi connectivity index (χ0v) is 11.8. The average molecular weight is 247 g/mol. The minimum absolute atomic E-state index is 0.687. The van der Waals surface area contributed by atoms with Crippen molar-refractivity contribution in [1.82, 2.24) is 4.90 Å². The molecule has 1 fully saturated rings. The lowest BCUT2D eigenvalue weighted by Gasteiger charge is -2.32. The molecule has 1 aromatic rings. The van der Waals surface area contributed by atoms with E-state index in [2.05, 4.69) is 60.5 Å². The molecule has 3 heteroatoms. The number of nitrogens with one attached hydrogen (secondary N) is 1. The number of piperidine rings is 1. The van der Waals surface area contributed by atoms with E-state index in [9.17, 15) is 0 Å². The van der Waals surface area contributed by atoms with Crippen LogP contribution < -0.4 is 10.2 Å². The molecule has 0 aromatic heterocycles. The molecule has 1 aromatic carbocycles. The molecule has 0 spiro atoms. The Balaban J connectivity index is 1.85. The van der Waals surface area contributed by atoms with E-state index in [1.807, 2.05) is 0 Å². The van der Waals surface area contributed by atoms with Gasteiger partial charge in [-0.05, 0) is 50.7 Å². The molecule has 18 heavy (non-hydrogen) atoms. The van der Waals surface area contributed by atoms with Gasteiger partial charge in [-0.15, -0.1) is 0 Å². The Labute approximate surface area is 111 Å². The summed E-state index contributed by atoms with van der Waals surface area (Å²) in [6, 6.07) is 9.34. The second-order valence-electron chi connectivity index (χ2n) is 5.45. The summed E-state index contributed by atoms with van der Waals surface area (Å²) in [6.45, 7) is 2.30. The first-order valence-corrected chi connectivity index (χ1v) is 6.88. The molecule has 0 bridgehead atoms. The summed E-state index contributed by atoms with van der Waals surface area (Å²) < 4.78 is 0. The third-order valence-corrected chi connectivity index (χ3v) is 3.85. The van der Waals surface area contributed by atoms with Crippen LogP contribution in [0.3, 0.4) is 0 Å². The number of likely N-dealkylation sites (tertiary alicyclic amines) is 1. The standard InChI is InChI=1S/C15H25N3/c1-17(2)14-9-7-13(8-10-14)16-12-15-6-4-5-11-18(15)3/h7-10,15-16H,4-6,11-12H2,1-3H3. The predicted octanol–water partition coefficient (Wildman–Crippen LogP) is 2.65. The third kappa shape index (κ3) is 3.39. The van der Waals surface area contributed by atoms with Gasteiger partial charge in [0, 0.05) is 38.1 Å². The Bertz CT molecular complexity index is 359. The van der Waals surface area contributed by atoms with Crippen LogP contribution in [0, 0.1) is 0 Å². The van der Waals surface area contributed by atoms with Gasteiger partial charge in [0.15, 0.2) is 0 Å². The zero-order valence-electron chi connectivity index (χ0n) is 11.8. The van der Waals surface area contributed by atoms with Crippen molar-refractivity contribution in [3.8, 4) is 0 Å². The average Bonchev–Trinajstić information content (AvgIpc) is 2.38. The SMILES string of the molecule is CN(C)c1ccc(NCC2CCCCN2C)cc1. The fourth-order valence-corrected chi connectivity index (χ4v) is 2.52. The second-order valence-corrected chi connectivity index (χ2v) is 5.45. The van der Waals surface area contributed by atoms with Crippen LogP contribution in [0.1, 0.15) is 19.3 Å². The van der Waals surface area contributed by atoms with Crippen molar-refractivity contribution in [2.75, 3.05) is 44.4 Å². The fraction of sp³-hybridized carbons (Fsp3) is 0.600. The van der Waals surface area contributed by atoms with E-state index in [0.717, 1.165) is 6.54 Å². The largest absolute Gasteiger partial charge is 0.383 e. The Kier molecular flexibility index (Phi) is 4.48. The molecular formula is C15H25N3. The van der Waals surface area contributed by atoms with Gasteiger partial charge in [0.05, 0.1) is 0 Å². The Hall–Kier alpha value is -1.22. The second kappa shape index (κ2) is 6.10. The third-order valence-electron chi connectivity index (χ3n) is 3.85. The quantitative estimate of drug-likeness (QED) is 0.882. The molecule has 1 unspecified atom stereocenters. The fourth-order valence-electron chi connectivity index (χ4n) is 2.52. The highest BCUT2D eigenvalue weighted by Gasteiger charge is 2.18. The number of nitrogens with zero attached hydrogens (tertiary/aromatic N) is 2. The molecule has 1 heterocycles. The number of rotatable bonds is 4. The summed E-state index contributed by atoms with van der Waals surface area (Å²) in [7, 11) is 6.37. The molecule has 1 saturated heterocycles. The Morgan fingerprint density at radius 3 is 2.56 bits per heavy atom. The summed E-state index contributed by atoms with van der Waals surface area (Å²) in [5.41, 5.74) is 2.47. The molecular weight excluding hydrogens is 222 g/mol. The smallest absolute Gasteiger partial charge is 0.0362 e. The summed E-state index contributed by atoms with van der Waals surface area (Å²) in [5.74, 6) is 0. The highest BCUT2D eigenvalue weighted by atomic mass is 15.2. The van der Waals surface area contributed by atoms with E-state index in [4.69, 9.17) is 0 Å². The number of hydrogen-bond acceptors (Lipinski definition) is 3. The van der Waals surface area contributed by atoms with E-state index in [-0.39, 0.29) is 0 Å². The molecule has 2 rings (SSSR count). The van der Waals surface area contributed by atoms with Gasteiger partial charge in [-0.25, -0.2) is 0 Å². The summed E-state index contributed by atoms with van der Waals surface area (Å²) >= 11 is 0. The minimum Gasteiger partial charge on any atom is -0.383 e. The van der Waals surface area contributed by atoms with Crippen LogP contribution in [0.2, 0.25) is 0 Å². The van der Waals surface area contributed by atoms with Crippen molar-refractivity contribution in [2.24, 2.45) is 0 Å². The van der Waals surface area contributed by atoms with Gasteiger partial charge in [0.25, 0.3) is 0 Å². The molecule has 3 nitrogen and oxygen atoms in total. The maximum absolute atomic E-state index is 3.55. The maximum atomic E-state index is 3.55. The monoisotopic (exact) mass is 247 g/mol. The van der Waals surface area contributed by atoms with Crippen LogP contribution in [0.5, 0.6) is 0 Å². The molecule has 1 atom stereocenters. The number of hydrogen-bond donors (Lipinski definition) is 1. The highest BCUT2D eigenvalue weighted by Crippen LogP contribution is 2.18. The minimum atomic E-state index is 0.687. The lowest BCUT2D eigenvalue weighted by Crippen LogP contribution is -2.40. The van der Waals surface area contributed by atoms with Gasteiger partial charge in [0.1, 0.15) is 0 Å². The van der Waals surface area contributed by atoms with Crippen molar-refractivity contribution < 1.29 is 0 Å². The lowest BCUT2D eigenvalue weighted by molar-refractivity contribution is 0.194. The van der Waals surface area contributed by atoms with Crippen molar-refractivity contribution in [1.29, 1.82) is 0 Å². The Morgan fingerprint density at radius 1 is 1.22 bits per heavy atom. The van der Waals surface area contributed by atoms with Crippen LogP contribution in [0.4, 0.5) is 11.4 Å². The van der Waals surface area contributed by atoms with Crippen molar-refractivity contribution in [3.05, 3.63) is 24.3 Å². The molecule has 1 aliphatic heterocycles. The van der Waals surface area contributed by atoms with E-state index >= 15 is 0 Å². The van der Waals surface area contributed by atoms with E-state index in [1.165, 1.54) is 37.2 Å². The first kappa shape index (κ1) is 13.2. The number of benzene rings is 1. The molecule has 0 amide bonds. The Morgan fingerprint density at radius 2 is 1.94 bits per heavy atom. The van der Waals surface area contributed by atoms with E-state index in [0.29, 0.717) is 6.04 Å². The molecule has 0 radical (unpaired) electrons. The molecule has 0 aliphatic carbocycles. The van der Waals surface area contributed by atoms with Crippen LogP contribution in [-0.2, 0) is 0 Å². The van der Waals surface area contributed by atoms with Gasteiger partial charge >= 0.3 is 0 Å². The van der Waals surface area contributed by atoms with Crippen LogP contribution in [0.25, 0.3) is 0 Å². The summed E-state index contributed by atoms with van der Waals surface area (Å²) in [6.07, 6.45) is 4.04. The predicted molar refractivity (Wildman–Crippen MR) is 79.5 cm³/mol. The first-order valence-electron chi connectivity index (χ1n) is 6.88. The normalized spacial score (nSPS) is 20.7. The van der Waals surface area contributed by atoms with Crippen molar-refractivity contribution in [2.45, 2.75) is 25.3 Å². The zero-order chi connectivity index (χ0) is 13.0.